The zero-order chi connectivity index (χ0) is 22.7. The Morgan fingerprint density at radius 2 is 1.56 bits per heavy atom. The highest BCUT2D eigenvalue weighted by Crippen LogP contribution is 2.44. The zero-order valence-corrected chi connectivity index (χ0v) is 17.6. The first-order chi connectivity index (χ1) is 15.4. The molecule has 0 aliphatic heterocycles. The molecule has 3 aromatic rings. The number of halogens is 1. The van der Waals surface area contributed by atoms with E-state index in [0.29, 0.717) is 0 Å². The molecule has 0 fully saturated rings. The van der Waals surface area contributed by atoms with Crippen molar-refractivity contribution in [3.05, 3.63) is 88.4 Å². The van der Waals surface area contributed by atoms with Crippen molar-refractivity contribution < 1.29 is 24.2 Å². The Morgan fingerprint density at radius 1 is 0.938 bits per heavy atom. The largest absolute Gasteiger partial charge is 0.480 e. The standard InChI is InChI=1S/C24H19ClN2O5/c25-15-9-14(23(30)26-12-22(28)29)10-16(11-15)27-24(31)32-13-21-19-7-3-1-5-17(19)18-6-2-4-8-20(18)21/h1-11,21H,12-13H2,(H,26,30)(H,27,31)(H,28,29). The van der Waals surface area contributed by atoms with Crippen molar-refractivity contribution in [1.29, 1.82) is 0 Å². The van der Waals surface area contributed by atoms with Gasteiger partial charge in [-0.25, -0.2) is 4.79 Å². The SMILES string of the molecule is O=C(O)CNC(=O)c1cc(Cl)cc(NC(=O)OCC2c3ccccc3-c3ccccc32)c1. The molecule has 8 heteroatoms. The maximum Gasteiger partial charge on any atom is 0.411 e. The van der Waals surface area contributed by atoms with E-state index >= 15 is 0 Å². The highest BCUT2D eigenvalue weighted by atomic mass is 35.5. The Labute approximate surface area is 189 Å². The molecule has 0 saturated heterocycles. The Kier molecular flexibility index (Phi) is 6.09. The van der Waals surface area contributed by atoms with Crippen LogP contribution in [0.5, 0.6) is 0 Å². The van der Waals surface area contributed by atoms with Crippen LogP contribution < -0.4 is 10.6 Å². The summed E-state index contributed by atoms with van der Waals surface area (Å²) in [6.07, 6.45) is -0.689. The van der Waals surface area contributed by atoms with Crippen molar-refractivity contribution in [2.75, 3.05) is 18.5 Å². The van der Waals surface area contributed by atoms with Crippen molar-refractivity contribution in [2.45, 2.75) is 5.92 Å². The zero-order valence-electron chi connectivity index (χ0n) is 16.8. The summed E-state index contributed by atoms with van der Waals surface area (Å²) in [6.45, 7) is -0.382. The van der Waals surface area contributed by atoms with Gasteiger partial charge in [-0.05, 0) is 40.5 Å². The molecule has 3 N–H and O–H groups in total. The molecule has 4 rings (SSSR count). The lowest BCUT2D eigenvalue weighted by Gasteiger charge is -2.15. The molecule has 0 atom stereocenters. The number of amides is 2. The molecule has 0 saturated carbocycles. The van der Waals surface area contributed by atoms with Crippen LogP contribution in [0, 0.1) is 0 Å². The predicted molar refractivity (Wildman–Crippen MR) is 120 cm³/mol. The van der Waals surface area contributed by atoms with Gasteiger partial charge in [-0.1, -0.05) is 60.1 Å². The maximum atomic E-state index is 12.4. The topological polar surface area (TPSA) is 105 Å². The Hall–Kier alpha value is -3.84. The fourth-order valence-corrected chi connectivity index (χ4v) is 4.04. The van der Waals surface area contributed by atoms with Gasteiger partial charge in [0.2, 0.25) is 0 Å². The summed E-state index contributed by atoms with van der Waals surface area (Å²) >= 11 is 6.04. The molecule has 1 aliphatic carbocycles. The number of carboxylic acid groups (broad SMARTS) is 1. The van der Waals surface area contributed by atoms with Gasteiger partial charge in [0, 0.05) is 22.2 Å². The summed E-state index contributed by atoms with van der Waals surface area (Å²) < 4.78 is 5.49. The molecule has 1 aliphatic rings. The third kappa shape index (κ3) is 4.58. The Morgan fingerprint density at radius 3 is 2.19 bits per heavy atom. The van der Waals surface area contributed by atoms with Gasteiger partial charge in [0.25, 0.3) is 5.91 Å². The molecule has 2 amide bonds. The number of carbonyl (C=O) groups is 3. The number of anilines is 1. The van der Waals surface area contributed by atoms with Gasteiger partial charge < -0.3 is 15.2 Å². The summed E-state index contributed by atoms with van der Waals surface area (Å²) in [5, 5.41) is 13.7. The fourth-order valence-electron chi connectivity index (χ4n) is 3.80. The van der Waals surface area contributed by atoms with E-state index in [1.54, 1.807) is 0 Å². The second-order valence-electron chi connectivity index (χ2n) is 7.26. The van der Waals surface area contributed by atoms with E-state index in [4.69, 9.17) is 21.4 Å². The number of rotatable bonds is 6. The molecule has 0 unspecified atom stereocenters. The molecule has 0 heterocycles. The maximum absolute atomic E-state index is 12.4. The highest BCUT2D eigenvalue weighted by molar-refractivity contribution is 6.31. The summed E-state index contributed by atoms with van der Waals surface area (Å²) in [7, 11) is 0. The van der Waals surface area contributed by atoms with Crippen LogP contribution in [0.1, 0.15) is 27.4 Å². The van der Waals surface area contributed by atoms with Gasteiger partial charge in [0.05, 0.1) is 0 Å². The van der Waals surface area contributed by atoms with Gasteiger partial charge in [-0.3, -0.25) is 14.9 Å². The van der Waals surface area contributed by atoms with Crippen LogP contribution in [-0.2, 0) is 9.53 Å². The van der Waals surface area contributed by atoms with E-state index in [2.05, 4.69) is 22.8 Å². The first-order valence-corrected chi connectivity index (χ1v) is 10.2. The number of hydrogen-bond acceptors (Lipinski definition) is 4. The number of carbonyl (C=O) groups excluding carboxylic acids is 2. The minimum absolute atomic E-state index is 0.0788. The summed E-state index contributed by atoms with van der Waals surface area (Å²) in [5.74, 6) is -1.87. The van der Waals surface area contributed by atoms with E-state index < -0.39 is 24.5 Å². The van der Waals surface area contributed by atoms with E-state index in [1.807, 2.05) is 36.4 Å². The van der Waals surface area contributed by atoms with Crippen molar-refractivity contribution in [3.8, 4) is 11.1 Å². The number of aliphatic carboxylic acids is 1. The fraction of sp³-hybridized carbons (Fsp3) is 0.125. The van der Waals surface area contributed by atoms with Gasteiger partial charge >= 0.3 is 12.1 Å². The van der Waals surface area contributed by atoms with Gasteiger partial charge in [-0.2, -0.15) is 0 Å². The number of fused-ring (bicyclic) bond motifs is 3. The van der Waals surface area contributed by atoms with E-state index in [9.17, 15) is 14.4 Å². The van der Waals surface area contributed by atoms with E-state index in [0.717, 1.165) is 22.3 Å². The van der Waals surface area contributed by atoms with Crippen molar-refractivity contribution >= 4 is 35.3 Å². The molecule has 0 radical (unpaired) electrons. The first-order valence-electron chi connectivity index (χ1n) is 9.85. The smallest absolute Gasteiger partial charge is 0.411 e. The average molecular weight is 451 g/mol. The third-order valence-electron chi connectivity index (χ3n) is 5.15. The summed E-state index contributed by atoms with van der Waals surface area (Å²) in [6, 6.07) is 20.3. The second kappa shape index (κ2) is 9.11. The lowest BCUT2D eigenvalue weighted by Crippen LogP contribution is -2.29. The molecule has 162 valence electrons. The van der Waals surface area contributed by atoms with Crippen molar-refractivity contribution in [1.82, 2.24) is 5.32 Å². The molecule has 0 aromatic heterocycles. The van der Waals surface area contributed by atoms with Gasteiger partial charge in [-0.15, -0.1) is 0 Å². The predicted octanol–water partition coefficient (Wildman–Crippen LogP) is 4.52. The third-order valence-corrected chi connectivity index (χ3v) is 5.37. The number of carboxylic acids is 1. The number of nitrogens with one attached hydrogen (secondary N) is 2. The minimum Gasteiger partial charge on any atom is -0.480 e. The molecule has 3 aromatic carbocycles. The number of hydrogen-bond donors (Lipinski definition) is 3. The van der Waals surface area contributed by atoms with Crippen LogP contribution in [0.2, 0.25) is 5.02 Å². The summed E-state index contributed by atoms with van der Waals surface area (Å²) in [4.78, 5) is 35.2. The van der Waals surface area contributed by atoms with Crippen LogP contribution in [0.4, 0.5) is 10.5 Å². The van der Waals surface area contributed by atoms with Crippen LogP contribution in [0.25, 0.3) is 11.1 Å². The highest BCUT2D eigenvalue weighted by Gasteiger charge is 2.29. The van der Waals surface area contributed by atoms with E-state index in [-0.39, 0.29) is 28.8 Å². The molecule has 7 nitrogen and oxygen atoms in total. The average Bonchev–Trinajstić information content (AvgIpc) is 3.09. The minimum atomic E-state index is -1.17. The molecular formula is C24H19ClN2O5. The van der Waals surface area contributed by atoms with E-state index in [1.165, 1.54) is 18.2 Å². The molecule has 0 bridgehead atoms. The summed E-state index contributed by atoms with van der Waals surface area (Å²) in [5.41, 5.74) is 4.83. The lowest BCUT2D eigenvalue weighted by molar-refractivity contribution is -0.135. The van der Waals surface area contributed by atoms with Crippen LogP contribution in [0.15, 0.2) is 66.7 Å². The second-order valence-corrected chi connectivity index (χ2v) is 7.69. The number of benzene rings is 3. The van der Waals surface area contributed by atoms with Gasteiger partial charge in [0.1, 0.15) is 13.2 Å². The molecule has 32 heavy (non-hydrogen) atoms. The van der Waals surface area contributed by atoms with Crippen LogP contribution in [0.3, 0.4) is 0 Å². The Bertz CT molecular complexity index is 1160. The van der Waals surface area contributed by atoms with Crippen molar-refractivity contribution in [3.63, 3.8) is 0 Å². The molecular weight excluding hydrogens is 432 g/mol. The van der Waals surface area contributed by atoms with Crippen LogP contribution >= 0.6 is 11.6 Å². The van der Waals surface area contributed by atoms with Gasteiger partial charge in [0.15, 0.2) is 0 Å². The quantitative estimate of drug-likeness (QED) is 0.512. The normalized spacial score (nSPS) is 11.9. The lowest BCUT2D eigenvalue weighted by atomic mass is 9.98. The monoisotopic (exact) mass is 450 g/mol. The molecule has 0 spiro atoms. The van der Waals surface area contributed by atoms with Crippen molar-refractivity contribution in [2.24, 2.45) is 0 Å². The number of ether oxygens (including phenoxy) is 1. The van der Waals surface area contributed by atoms with Crippen LogP contribution in [-0.4, -0.2) is 36.2 Å². The Balaban J connectivity index is 1.44. The first kappa shape index (κ1) is 21.4.